The number of hydrogen-bond acceptors (Lipinski definition) is 4. The molecule has 0 unspecified atom stereocenters. The lowest BCUT2D eigenvalue weighted by atomic mass is 9.90. The van der Waals surface area contributed by atoms with Crippen LogP contribution in [0.3, 0.4) is 0 Å². The van der Waals surface area contributed by atoms with E-state index < -0.39 is 0 Å². The Morgan fingerprint density at radius 3 is 2.40 bits per heavy atom. The maximum atomic E-state index is 13.2. The quantitative estimate of drug-likeness (QED) is 0.208. The number of para-hydroxylation sites is 1. The highest BCUT2D eigenvalue weighted by Gasteiger charge is 2.25. The van der Waals surface area contributed by atoms with Gasteiger partial charge in [-0.25, -0.2) is 9.48 Å². The molecule has 8 heteroatoms. The van der Waals surface area contributed by atoms with Gasteiger partial charge in [0.05, 0.1) is 22.5 Å². The number of aryl methyl sites for hydroxylation is 1. The number of fused-ring (bicyclic) bond motifs is 1. The van der Waals surface area contributed by atoms with Crippen LogP contribution in [0.4, 0.5) is 16.3 Å². The third-order valence-electron chi connectivity index (χ3n) is 8.45. The summed E-state index contributed by atoms with van der Waals surface area (Å²) in [5.74, 6) is 1.12. The molecule has 3 heterocycles. The standard InChI is InChI=1S/C37H40N6O2/c1-25-12-14-31(15-13-25)43-34(23-33(41-43)37(2,3)4)40-36(45)39-30-10-7-8-27(21-30)20-26-16-18-42(19-17-26)35(44)29-22-28-9-5-6-11-32(28)38-24-29/h5-15,21-24,26H,16-20H2,1-4H3,(H2,39,40,45). The van der Waals surface area contributed by atoms with Crippen LogP contribution in [0.25, 0.3) is 16.6 Å². The molecule has 2 aromatic heterocycles. The number of likely N-dealkylation sites (tertiary alicyclic amines) is 1. The van der Waals surface area contributed by atoms with Gasteiger partial charge in [-0.15, -0.1) is 0 Å². The lowest BCUT2D eigenvalue weighted by Crippen LogP contribution is -2.39. The Morgan fingerprint density at radius 1 is 0.889 bits per heavy atom. The third-order valence-corrected chi connectivity index (χ3v) is 8.45. The summed E-state index contributed by atoms with van der Waals surface area (Å²) in [6.07, 6.45) is 4.45. The number of anilines is 2. The van der Waals surface area contributed by atoms with Crippen LogP contribution in [-0.4, -0.2) is 44.7 Å². The van der Waals surface area contributed by atoms with Crippen molar-refractivity contribution in [2.75, 3.05) is 23.7 Å². The van der Waals surface area contributed by atoms with Gasteiger partial charge in [0, 0.05) is 41.8 Å². The number of amides is 3. The zero-order valence-electron chi connectivity index (χ0n) is 26.4. The van der Waals surface area contributed by atoms with Crippen molar-refractivity contribution in [1.82, 2.24) is 19.7 Å². The summed E-state index contributed by atoms with van der Waals surface area (Å²) in [7, 11) is 0. The highest BCUT2D eigenvalue weighted by Crippen LogP contribution is 2.28. The zero-order chi connectivity index (χ0) is 31.6. The Balaban J connectivity index is 1.06. The molecule has 45 heavy (non-hydrogen) atoms. The lowest BCUT2D eigenvalue weighted by Gasteiger charge is -2.32. The lowest BCUT2D eigenvalue weighted by molar-refractivity contribution is 0.0690. The molecule has 3 amide bonds. The second kappa shape index (κ2) is 12.6. The molecule has 230 valence electrons. The van der Waals surface area contributed by atoms with Gasteiger partial charge in [0.2, 0.25) is 0 Å². The van der Waals surface area contributed by atoms with Crippen LogP contribution >= 0.6 is 0 Å². The van der Waals surface area contributed by atoms with Crippen LogP contribution in [0.5, 0.6) is 0 Å². The molecule has 6 rings (SSSR count). The first-order valence-electron chi connectivity index (χ1n) is 15.6. The van der Waals surface area contributed by atoms with Crippen LogP contribution in [0, 0.1) is 12.8 Å². The average Bonchev–Trinajstić information content (AvgIpc) is 3.45. The van der Waals surface area contributed by atoms with E-state index in [1.165, 1.54) is 0 Å². The average molecular weight is 601 g/mol. The number of piperidine rings is 1. The van der Waals surface area contributed by atoms with Crippen LogP contribution in [0.15, 0.2) is 91.1 Å². The van der Waals surface area contributed by atoms with E-state index in [4.69, 9.17) is 5.10 Å². The number of hydrogen-bond donors (Lipinski definition) is 2. The van der Waals surface area contributed by atoms with Gasteiger partial charge in [-0.3, -0.25) is 15.1 Å². The fraction of sp³-hybridized carbons (Fsp3) is 0.297. The van der Waals surface area contributed by atoms with Gasteiger partial charge in [0.1, 0.15) is 5.82 Å². The first kappa shape index (κ1) is 30.1. The van der Waals surface area contributed by atoms with Gasteiger partial charge >= 0.3 is 6.03 Å². The maximum Gasteiger partial charge on any atom is 0.324 e. The van der Waals surface area contributed by atoms with Crippen LogP contribution < -0.4 is 10.6 Å². The van der Waals surface area contributed by atoms with E-state index in [1.807, 2.05) is 90.7 Å². The molecule has 5 aromatic rings. The first-order chi connectivity index (χ1) is 21.6. The summed E-state index contributed by atoms with van der Waals surface area (Å²) in [6.45, 7) is 9.81. The SMILES string of the molecule is Cc1ccc(-n2nc(C(C)(C)C)cc2NC(=O)Nc2cccc(CC3CCN(C(=O)c4cnc5ccccc5c4)CC3)c2)cc1. The molecule has 0 atom stereocenters. The van der Waals surface area contributed by atoms with E-state index in [9.17, 15) is 9.59 Å². The van der Waals surface area contributed by atoms with Crippen molar-refractivity contribution in [1.29, 1.82) is 0 Å². The van der Waals surface area contributed by atoms with Gasteiger partial charge in [-0.1, -0.05) is 68.8 Å². The van der Waals surface area contributed by atoms with E-state index in [0.29, 0.717) is 17.3 Å². The minimum absolute atomic E-state index is 0.0438. The molecular formula is C37H40N6O2. The van der Waals surface area contributed by atoms with E-state index in [-0.39, 0.29) is 17.4 Å². The minimum atomic E-state index is -0.323. The van der Waals surface area contributed by atoms with Crippen molar-refractivity contribution >= 4 is 34.3 Å². The van der Waals surface area contributed by atoms with E-state index in [2.05, 4.69) is 42.5 Å². The molecule has 3 aromatic carbocycles. The predicted octanol–water partition coefficient (Wildman–Crippen LogP) is 7.77. The predicted molar refractivity (Wildman–Crippen MR) is 180 cm³/mol. The molecule has 1 fully saturated rings. The highest BCUT2D eigenvalue weighted by molar-refractivity contribution is 5.99. The van der Waals surface area contributed by atoms with Crippen molar-refractivity contribution in [2.45, 2.75) is 52.4 Å². The van der Waals surface area contributed by atoms with Gasteiger partial charge in [0.15, 0.2) is 0 Å². The third kappa shape index (κ3) is 7.06. The second-order valence-corrected chi connectivity index (χ2v) is 13.0. The Labute approximate surface area is 264 Å². The normalized spacial score (nSPS) is 14.0. The number of nitrogens with one attached hydrogen (secondary N) is 2. The highest BCUT2D eigenvalue weighted by atomic mass is 16.2. The summed E-state index contributed by atoms with van der Waals surface area (Å²) in [5, 5.41) is 11.8. The molecule has 2 N–H and O–H groups in total. The molecule has 1 saturated heterocycles. The number of carbonyl (C=O) groups excluding carboxylic acids is 2. The summed E-state index contributed by atoms with van der Waals surface area (Å²) in [4.78, 5) is 32.8. The number of pyridine rings is 1. The van der Waals surface area contributed by atoms with Gasteiger partial charge in [0.25, 0.3) is 5.91 Å². The number of carbonyl (C=O) groups is 2. The van der Waals surface area contributed by atoms with Crippen LogP contribution in [-0.2, 0) is 11.8 Å². The minimum Gasteiger partial charge on any atom is -0.339 e. The van der Waals surface area contributed by atoms with Gasteiger partial charge < -0.3 is 10.2 Å². The number of aromatic nitrogens is 3. The molecule has 0 saturated carbocycles. The molecule has 1 aliphatic heterocycles. The number of urea groups is 1. The molecule has 8 nitrogen and oxygen atoms in total. The number of benzene rings is 3. The topological polar surface area (TPSA) is 92.2 Å². The van der Waals surface area contributed by atoms with Crippen molar-refractivity contribution < 1.29 is 9.59 Å². The molecule has 0 spiro atoms. The van der Waals surface area contributed by atoms with Crippen LogP contribution in [0.2, 0.25) is 0 Å². The molecule has 0 aliphatic carbocycles. The summed E-state index contributed by atoms with van der Waals surface area (Å²) in [6, 6.07) is 27.5. The first-order valence-corrected chi connectivity index (χ1v) is 15.6. The number of nitrogens with zero attached hydrogens (tertiary/aromatic N) is 4. The van der Waals surface area contributed by atoms with Crippen molar-refractivity contribution in [3.05, 3.63) is 114 Å². The Morgan fingerprint density at radius 2 is 1.64 bits per heavy atom. The monoisotopic (exact) mass is 600 g/mol. The van der Waals surface area contributed by atoms with E-state index in [0.717, 1.165) is 71.5 Å². The van der Waals surface area contributed by atoms with Gasteiger partial charge in [-0.05, 0) is 74.1 Å². The van der Waals surface area contributed by atoms with E-state index in [1.54, 1.807) is 10.9 Å². The Hall–Kier alpha value is -4.98. The zero-order valence-corrected chi connectivity index (χ0v) is 26.4. The summed E-state index contributed by atoms with van der Waals surface area (Å²) in [5.41, 5.74) is 6.19. The van der Waals surface area contributed by atoms with E-state index >= 15 is 0 Å². The smallest absolute Gasteiger partial charge is 0.324 e. The van der Waals surface area contributed by atoms with Gasteiger partial charge in [-0.2, -0.15) is 5.10 Å². The molecule has 1 aliphatic rings. The fourth-order valence-corrected chi connectivity index (χ4v) is 5.82. The van der Waals surface area contributed by atoms with Crippen molar-refractivity contribution in [3.63, 3.8) is 0 Å². The molecule has 0 bridgehead atoms. The second-order valence-electron chi connectivity index (χ2n) is 13.0. The summed E-state index contributed by atoms with van der Waals surface area (Å²) < 4.78 is 1.78. The Kier molecular flexibility index (Phi) is 8.39. The maximum absolute atomic E-state index is 13.2. The Bertz CT molecular complexity index is 1830. The largest absolute Gasteiger partial charge is 0.339 e. The fourth-order valence-electron chi connectivity index (χ4n) is 5.82. The number of rotatable bonds is 6. The van der Waals surface area contributed by atoms with Crippen molar-refractivity contribution in [3.8, 4) is 5.69 Å². The molecular weight excluding hydrogens is 560 g/mol. The van der Waals surface area contributed by atoms with Crippen LogP contribution in [0.1, 0.15) is 60.8 Å². The molecule has 0 radical (unpaired) electrons. The summed E-state index contributed by atoms with van der Waals surface area (Å²) >= 11 is 0. The van der Waals surface area contributed by atoms with Crippen molar-refractivity contribution in [2.24, 2.45) is 5.92 Å².